The van der Waals surface area contributed by atoms with Gasteiger partial charge in [-0.15, -0.1) is 12.4 Å². The molecule has 0 amide bonds. The zero-order chi connectivity index (χ0) is 6.69. The van der Waals surface area contributed by atoms with Gasteiger partial charge in [-0.1, -0.05) is 6.92 Å². The molecule has 0 atom stereocenters. The molecule has 0 aliphatic heterocycles. The Hall–Kier alpha value is -0.830. The lowest BCUT2D eigenvalue weighted by atomic mass is 10.3. The van der Waals surface area contributed by atoms with Crippen molar-refractivity contribution in [2.24, 2.45) is 0 Å². The third-order valence-electron chi connectivity index (χ3n) is 1.14. The molecule has 1 N–H and O–H groups in total. The van der Waals surface area contributed by atoms with E-state index in [0.717, 1.165) is 12.0 Å². The maximum absolute atomic E-state index is 10.4. The average molecular weight is 161 g/mol. The molecule has 10 heavy (non-hydrogen) atoms. The summed E-state index contributed by atoms with van der Waals surface area (Å²) in [6.45, 7) is 2.01. The molecular weight excluding hydrogens is 152 g/mol. The zero-order valence-electron chi connectivity index (χ0n) is 5.63. The topological polar surface area (TPSA) is 45.8 Å². The molecule has 0 saturated heterocycles. The minimum Gasteiger partial charge on any atom is -0.312 e. The van der Waals surface area contributed by atoms with Crippen molar-refractivity contribution in [2.75, 3.05) is 0 Å². The first kappa shape index (κ1) is 9.17. The van der Waals surface area contributed by atoms with E-state index in [9.17, 15) is 4.79 Å². The summed E-state index contributed by atoms with van der Waals surface area (Å²) in [5.74, 6) is 0. The summed E-state index contributed by atoms with van der Waals surface area (Å²) in [4.78, 5) is 16.4. The van der Waals surface area contributed by atoms with Crippen LogP contribution in [0.3, 0.4) is 0 Å². The van der Waals surface area contributed by atoms with Gasteiger partial charge in [-0.3, -0.25) is 0 Å². The van der Waals surface area contributed by atoms with Gasteiger partial charge in [0.05, 0.1) is 0 Å². The predicted octanol–water partition coefficient (Wildman–Crippen LogP) is 0.754. The number of aromatic nitrogens is 2. The van der Waals surface area contributed by atoms with Crippen molar-refractivity contribution < 1.29 is 0 Å². The molecule has 4 heteroatoms. The molecule has 0 aliphatic rings. The SMILES string of the molecule is CCc1cnc(=O)[nH]c1.Cl. The zero-order valence-corrected chi connectivity index (χ0v) is 6.44. The molecule has 0 unspecified atom stereocenters. The fourth-order valence-electron chi connectivity index (χ4n) is 0.564. The number of aromatic amines is 1. The molecule has 1 aromatic rings. The average Bonchev–Trinajstić information content (AvgIpc) is 1.90. The third-order valence-corrected chi connectivity index (χ3v) is 1.14. The number of hydrogen-bond donors (Lipinski definition) is 1. The summed E-state index contributed by atoms with van der Waals surface area (Å²) in [5.41, 5.74) is 0.766. The second kappa shape index (κ2) is 4.06. The second-order valence-electron chi connectivity index (χ2n) is 1.78. The van der Waals surface area contributed by atoms with E-state index in [1.807, 2.05) is 6.92 Å². The fourth-order valence-corrected chi connectivity index (χ4v) is 0.564. The van der Waals surface area contributed by atoms with Gasteiger partial charge in [-0.25, -0.2) is 9.78 Å². The summed E-state index contributed by atoms with van der Waals surface area (Å²) >= 11 is 0. The summed E-state index contributed by atoms with van der Waals surface area (Å²) < 4.78 is 0. The van der Waals surface area contributed by atoms with Gasteiger partial charge in [0.2, 0.25) is 0 Å². The molecule has 0 fully saturated rings. The molecule has 0 saturated carbocycles. The normalized spacial score (nSPS) is 8.50. The molecule has 1 heterocycles. The van der Waals surface area contributed by atoms with Gasteiger partial charge in [0.15, 0.2) is 0 Å². The van der Waals surface area contributed by atoms with Crippen LogP contribution in [0.5, 0.6) is 0 Å². The predicted molar refractivity (Wildman–Crippen MR) is 41.5 cm³/mol. The molecular formula is C6H9ClN2O. The van der Waals surface area contributed by atoms with Crippen molar-refractivity contribution in [1.82, 2.24) is 9.97 Å². The largest absolute Gasteiger partial charge is 0.344 e. The van der Waals surface area contributed by atoms with Gasteiger partial charge in [0.1, 0.15) is 0 Å². The summed E-state index contributed by atoms with van der Waals surface area (Å²) in [7, 11) is 0. The first-order chi connectivity index (χ1) is 4.33. The Kier molecular flexibility index (Phi) is 3.72. The van der Waals surface area contributed by atoms with Gasteiger partial charge in [-0.05, 0) is 12.0 Å². The van der Waals surface area contributed by atoms with Gasteiger partial charge < -0.3 is 4.98 Å². The van der Waals surface area contributed by atoms with Crippen molar-refractivity contribution in [1.29, 1.82) is 0 Å². The minimum atomic E-state index is -0.285. The van der Waals surface area contributed by atoms with E-state index in [4.69, 9.17) is 0 Å². The number of H-pyrrole nitrogens is 1. The standard InChI is InChI=1S/C6H8N2O.ClH/c1-2-5-3-7-6(9)8-4-5;/h3-4H,2H2,1H3,(H,7,8,9);1H. The quantitative estimate of drug-likeness (QED) is 0.659. The minimum absolute atomic E-state index is 0. The molecule has 0 spiro atoms. The van der Waals surface area contributed by atoms with Crippen LogP contribution in [0.25, 0.3) is 0 Å². The van der Waals surface area contributed by atoms with Gasteiger partial charge in [0.25, 0.3) is 0 Å². The van der Waals surface area contributed by atoms with Crippen LogP contribution in [-0.4, -0.2) is 9.97 Å². The highest BCUT2D eigenvalue weighted by atomic mass is 35.5. The maximum atomic E-state index is 10.4. The molecule has 0 radical (unpaired) electrons. The number of nitrogens with zero attached hydrogens (tertiary/aromatic N) is 1. The van der Waals surface area contributed by atoms with Crippen LogP contribution < -0.4 is 5.69 Å². The highest BCUT2D eigenvalue weighted by Crippen LogP contribution is 1.89. The second-order valence-corrected chi connectivity index (χ2v) is 1.78. The molecule has 56 valence electrons. The first-order valence-electron chi connectivity index (χ1n) is 2.86. The lowest BCUT2D eigenvalue weighted by Gasteiger charge is -1.89. The van der Waals surface area contributed by atoms with E-state index in [0.29, 0.717) is 0 Å². The van der Waals surface area contributed by atoms with Crippen molar-refractivity contribution in [3.05, 3.63) is 28.4 Å². The van der Waals surface area contributed by atoms with Crippen molar-refractivity contribution in [2.45, 2.75) is 13.3 Å². The van der Waals surface area contributed by atoms with Gasteiger partial charge in [0, 0.05) is 12.4 Å². The van der Waals surface area contributed by atoms with E-state index in [1.165, 1.54) is 0 Å². The van der Waals surface area contributed by atoms with Crippen LogP contribution in [0.1, 0.15) is 12.5 Å². The van der Waals surface area contributed by atoms with Crippen LogP contribution in [0.15, 0.2) is 17.2 Å². The Labute approximate surface area is 64.9 Å². The Morgan fingerprint density at radius 2 is 2.40 bits per heavy atom. The molecule has 0 aromatic carbocycles. The number of halogens is 1. The highest BCUT2D eigenvalue weighted by molar-refractivity contribution is 5.85. The molecule has 3 nitrogen and oxygen atoms in total. The first-order valence-corrected chi connectivity index (χ1v) is 2.86. The molecule has 1 aromatic heterocycles. The number of nitrogens with one attached hydrogen (secondary N) is 1. The summed E-state index contributed by atoms with van der Waals surface area (Å²) in [5, 5.41) is 0. The van der Waals surface area contributed by atoms with Crippen molar-refractivity contribution in [3.63, 3.8) is 0 Å². The third kappa shape index (κ3) is 2.19. The van der Waals surface area contributed by atoms with Crippen LogP contribution in [0.2, 0.25) is 0 Å². The lowest BCUT2D eigenvalue weighted by molar-refractivity contribution is 0.999. The van der Waals surface area contributed by atoms with Crippen molar-refractivity contribution in [3.8, 4) is 0 Å². The monoisotopic (exact) mass is 160 g/mol. The number of hydrogen-bond acceptors (Lipinski definition) is 2. The van der Waals surface area contributed by atoms with E-state index in [-0.39, 0.29) is 18.1 Å². The Morgan fingerprint density at radius 1 is 1.70 bits per heavy atom. The van der Waals surface area contributed by atoms with E-state index >= 15 is 0 Å². The van der Waals surface area contributed by atoms with E-state index in [2.05, 4.69) is 9.97 Å². The van der Waals surface area contributed by atoms with Crippen LogP contribution >= 0.6 is 12.4 Å². The highest BCUT2D eigenvalue weighted by Gasteiger charge is 1.85. The number of rotatable bonds is 1. The Morgan fingerprint density at radius 3 is 2.80 bits per heavy atom. The Balaban J connectivity index is 0.000000810. The smallest absolute Gasteiger partial charge is 0.312 e. The maximum Gasteiger partial charge on any atom is 0.344 e. The fraction of sp³-hybridized carbons (Fsp3) is 0.333. The van der Waals surface area contributed by atoms with Gasteiger partial charge >= 0.3 is 5.69 Å². The summed E-state index contributed by atoms with van der Waals surface area (Å²) in [6, 6.07) is 0. The molecule has 0 bridgehead atoms. The number of aryl methyl sites for hydroxylation is 1. The van der Waals surface area contributed by atoms with Gasteiger partial charge in [-0.2, -0.15) is 0 Å². The van der Waals surface area contributed by atoms with Crippen LogP contribution in [-0.2, 0) is 6.42 Å². The van der Waals surface area contributed by atoms with Crippen molar-refractivity contribution >= 4 is 12.4 Å². The molecule has 0 aliphatic carbocycles. The van der Waals surface area contributed by atoms with E-state index in [1.54, 1.807) is 12.4 Å². The van der Waals surface area contributed by atoms with E-state index < -0.39 is 0 Å². The van der Waals surface area contributed by atoms with Crippen LogP contribution in [0, 0.1) is 0 Å². The lowest BCUT2D eigenvalue weighted by Crippen LogP contribution is -2.08. The molecule has 1 rings (SSSR count). The Bertz CT molecular complexity index is 225. The van der Waals surface area contributed by atoms with Crippen LogP contribution in [0.4, 0.5) is 0 Å². The summed E-state index contributed by atoms with van der Waals surface area (Å²) in [6.07, 6.45) is 4.16.